The van der Waals surface area contributed by atoms with Crippen LogP contribution in [0.3, 0.4) is 0 Å². The van der Waals surface area contributed by atoms with Gasteiger partial charge in [0, 0.05) is 18.5 Å². The van der Waals surface area contributed by atoms with E-state index in [0.717, 1.165) is 11.3 Å². The van der Waals surface area contributed by atoms with Crippen LogP contribution in [0.25, 0.3) is 0 Å². The standard InChI is InChI=1S/C21H23FN2O2S/c1-16(17-7-9-18(22)10-8-17)23(2)21(25)15-24(13-19-5-3-11-26-19)14-20-6-4-12-27-20/h3-12,16H,13-15H2,1-2H3. The molecular formula is C21H23FN2O2S. The highest BCUT2D eigenvalue weighted by Gasteiger charge is 2.21. The van der Waals surface area contributed by atoms with Gasteiger partial charge in [-0.2, -0.15) is 0 Å². The molecular weight excluding hydrogens is 363 g/mol. The van der Waals surface area contributed by atoms with Crippen molar-refractivity contribution in [3.05, 3.63) is 82.2 Å². The molecule has 1 aromatic carbocycles. The smallest absolute Gasteiger partial charge is 0.237 e. The summed E-state index contributed by atoms with van der Waals surface area (Å²) in [7, 11) is 1.78. The molecule has 0 saturated heterocycles. The molecule has 1 amide bonds. The molecule has 0 N–H and O–H groups in total. The lowest BCUT2D eigenvalue weighted by Crippen LogP contribution is -2.39. The van der Waals surface area contributed by atoms with Gasteiger partial charge in [-0.25, -0.2) is 4.39 Å². The molecule has 0 saturated carbocycles. The minimum absolute atomic E-state index is 0.00920. The van der Waals surface area contributed by atoms with Crippen LogP contribution < -0.4 is 0 Å². The second-order valence-corrected chi connectivity index (χ2v) is 7.57. The van der Waals surface area contributed by atoms with E-state index < -0.39 is 0 Å². The van der Waals surface area contributed by atoms with Gasteiger partial charge in [-0.1, -0.05) is 18.2 Å². The van der Waals surface area contributed by atoms with Gasteiger partial charge in [0.1, 0.15) is 11.6 Å². The van der Waals surface area contributed by atoms with Crippen molar-refractivity contribution < 1.29 is 13.6 Å². The molecule has 3 rings (SSSR count). The molecule has 0 radical (unpaired) electrons. The second kappa shape index (κ2) is 8.97. The van der Waals surface area contributed by atoms with Gasteiger partial charge in [0.2, 0.25) is 5.91 Å². The summed E-state index contributed by atoms with van der Waals surface area (Å²) in [5.41, 5.74) is 0.906. The molecule has 0 aliphatic heterocycles. The number of nitrogens with zero attached hydrogens (tertiary/aromatic N) is 2. The molecule has 3 aromatic rings. The summed E-state index contributed by atoms with van der Waals surface area (Å²) in [5.74, 6) is 0.559. The van der Waals surface area contributed by atoms with Gasteiger partial charge in [-0.3, -0.25) is 9.69 Å². The number of amides is 1. The maximum absolute atomic E-state index is 13.1. The zero-order valence-corrected chi connectivity index (χ0v) is 16.3. The SMILES string of the molecule is CC(c1ccc(F)cc1)N(C)C(=O)CN(Cc1ccco1)Cc1cccs1. The maximum atomic E-state index is 13.1. The third-order valence-corrected chi connectivity index (χ3v) is 5.47. The maximum Gasteiger partial charge on any atom is 0.237 e. The van der Waals surface area contributed by atoms with Crippen LogP contribution >= 0.6 is 11.3 Å². The lowest BCUT2D eigenvalue weighted by molar-refractivity contribution is -0.133. The van der Waals surface area contributed by atoms with E-state index in [4.69, 9.17) is 4.42 Å². The molecule has 2 heterocycles. The van der Waals surface area contributed by atoms with E-state index in [1.165, 1.54) is 17.0 Å². The van der Waals surface area contributed by atoms with Crippen molar-refractivity contribution >= 4 is 17.2 Å². The Bertz CT molecular complexity index is 795. The van der Waals surface area contributed by atoms with Crippen LogP contribution in [0, 0.1) is 5.82 Å². The van der Waals surface area contributed by atoms with Crippen molar-refractivity contribution in [1.29, 1.82) is 0 Å². The van der Waals surface area contributed by atoms with Crippen LogP contribution in [-0.4, -0.2) is 29.3 Å². The van der Waals surface area contributed by atoms with E-state index in [0.29, 0.717) is 13.1 Å². The van der Waals surface area contributed by atoms with Crippen LogP contribution in [0.15, 0.2) is 64.6 Å². The molecule has 1 atom stereocenters. The number of hydrogen-bond donors (Lipinski definition) is 0. The van der Waals surface area contributed by atoms with Crippen molar-refractivity contribution in [2.45, 2.75) is 26.1 Å². The zero-order chi connectivity index (χ0) is 19.2. The van der Waals surface area contributed by atoms with Crippen LogP contribution in [-0.2, 0) is 17.9 Å². The molecule has 6 heteroatoms. The van der Waals surface area contributed by atoms with Gasteiger partial charge in [-0.05, 0) is 48.2 Å². The van der Waals surface area contributed by atoms with E-state index in [2.05, 4.69) is 11.0 Å². The van der Waals surface area contributed by atoms with Crippen molar-refractivity contribution in [2.24, 2.45) is 0 Å². The van der Waals surface area contributed by atoms with Crippen LogP contribution in [0.1, 0.15) is 29.2 Å². The van der Waals surface area contributed by atoms with Gasteiger partial charge in [0.15, 0.2) is 0 Å². The fourth-order valence-electron chi connectivity index (χ4n) is 2.90. The van der Waals surface area contributed by atoms with E-state index >= 15 is 0 Å². The van der Waals surface area contributed by atoms with Crippen LogP contribution in [0.2, 0.25) is 0 Å². The summed E-state index contributed by atoms with van der Waals surface area (Å²) < 4.78 is 18.6. The first kappa shape index (κ1) is 19.3. The number of furan rings is 1. The van der Waals surface area contributed by atoms with Crippen LogP contribution in [0.4, 0.5) is 4.39 Å². The molecule has 0 aliphatic carbocycles. The highest BCUT2D eigenvalue weighted by atomic mass is 32.1. The molecule has 1 unspecified atom stereocenters. The summed E-state index contributed by atoms with van der Waals surface area (Å²) >= 11 is 1.67. The number of likely N-dealkylation sites (N-methyl/N-ethyl adjacent to an activating group) is 1. The Morgan fingerprint density at radius 1 is 1.15 bits per heavy atom. The summed E-state index contributed by atoms with van der Waals surface area (Å²) in [5, 5.41) is 2.03. The summed E-state index contributed by atoms with van der Waals surface area (Å²) in [6.45, 7) is 3.47. The number of halogens is 1. The predicted octanol–water partition coefficient (Wildman–Crippen LogP) is 4.70. The van der Waals surface area contributed by atoms with Crippen molar-refractivity contribution in [1.82, 2.24) is 9.80 Å². The highest BCUT2D eigenvalue weighted by Crippen LogP contribution is 2.20. The Balaban J connectivity index is 1.67. The molecule has 142 valence electrons. The Labute approximate surface area is 162 Å². The summed E-state index contributed by atoms with van der Waals surface area (Å²) in [6, 6.07) is 14.0. The first-order valence-electron chi connectivity index (χ1n) is 8.81. The van der Waals surface area contributed by atoms with E-state index in [1.54, 1.807) is 41.7 Å². The molecule has 0 aliphatic rings. The fraction of sp³-hybridized carbons (Fsp3) is 0.286. The third kappa shape index (κ3) is 5.28. The number of carbonyl (C=O) groups excluding carboxylic acids is 1. The topological polar surface area (TPSA) is 36.7 Å². The zero-order valence-electron chi connectivity index (χ0n) is 15.5. The van der Waals surface area contributed by atoms with Gasteiger partial charge >= 0.3 is 0 Å². The summed E-state index contributed by atoms with van der Waals surface area (Å²) in [6.07, 6.45) is 1.64. The van der Waals surface area contributed by atoms with Gasteiger partial charge in [0.05, 0.1) is 25.4 Å². The Kier molecular flexibility index (Phi) is 6.42. The quantitative estimate of drug-likeness (QED) is 0.563. The van der Waals surface area contributed by atoms with Gasteiger partial charge in [-0.15, -0.1) is 11.3 Å². The van der Waals surface area contributed by atoms with Gasteiger partial charge < -0.3 is 9.32 Å². The second-order valence-electron chi connectivity index (χ2n) is 6.54. The molecule has 27 heavy (non-hydrogen) atoms. The largest absolute Gasteiger partial charge is 0.468 e. The molecule has 4 nitrogen and oxygen atoms in total. The highest BCUT2D eigenvalue weighted by molar-refractivity contribution is 7.09. The molecule has 0 fully saturated rings. The monoisotopic (exact) mass is 386 g/mol. The minimum atomic E-state index is -0.277. The molecule has 0 bridgehead atoms. The van der Waals surface area contributed by atoms with Crippen molar-refractivity contribution in [2.75, 3.05) is 13.6 Å². The van der Waals surface area contributed by atoms with Crippen molar-refractivity contribution in [3.8, 4) is 0 Å². The normalized spacial score (nSPS) is 12.3. The number of carbonyl (C=O) groups is 1. The third-order valence-electron chi connectivity index (χ3n) is 4.60. The Hall–Kier alpha value is -2.44. The minimum Gasteiger partial charge on any atom is -0.468 e. The number of hydrogen-bond acceptors (Lipinski definition) is 4. The average molecular weight is 386 g/mol. The lowest BCUT2D eigenvalue weighted by Gasteiger charge is -2.28. The first-order valence-corrected chi connectivity index (χ1v) is 9.69. The summed E-state index contributed by atoms with van der Waals surface area (Å²) in [4.78, 5) is 17.8. The molecule has 0 spiro atoms. The predicted molar refractivity (Wildman–Crippen MR) is 105 cm³/mol. The van der Waals surface area contributed by atoms with Crippen molar-refractivity contribution in [3.63, 3.8) is 0 Å². The number of benzene rings is 1. The average Bonchev–Trinajstić information content (AvgIpc) is 3.35. The number of thiophene rings is 1. The van der Waals surface area contributed by atoms with Gasteiger partial charge in [0.25, 0.3) is 0 Å². The van der Waals surface area contributed by atoms with Crippen LogP contribution in [0.5, 0.6) is 0 Å². The first-order chi connectivity index (χ1) is 13.0. The van der Waals surface area contributed by atoms with E-state index in [-0.39, 0.29) is 24.3 Å². The van der Waals surface area contributed by atoms with E-state index in [1.807, 2.05) is 30.5 Å². The Morgan fingerprint density at radius 3 is 2.56 bits per heavy atom. The molecule has 2 aromatic heterocycles. The fourth-order valence-corrected chi connectivity index (χ4v) is 3.64. The van der Waals surface area contributed by atoms with E-state index in [9.17, 15) is 9.18 Å². The number of rotatable bonds is 8. The lowest BCUT2D eigenvalue weighted by atomic mass is 10.1. The Morgan fingerprint density at radius 2 is 1.93 bits per heavy atom.